The smallest absolute Gasteiger partial charge is 0.257 e. The van der Waals surface area contributed by atoms with Crippen molar-refractivity contribution in [2.45, 2.75) is 44.9 Å². The third kappa shape index (κ3) is 3.80. The van der Waals surface area contributed by atoms with Crippen LogP contribution in [0.25, 0.3) is 5.69 Å². The van der Waals surface area contributed by atoms with Gasteiger partial charge in [-0.25, -0.2) is 4.68 Å². The van der Waals surface area contributed by atoms with E-state index in [1.807, 2.05) is 34.7 Å². The Morgan fingerprint density at radius 3 is 2.62 bits per heavy atom. The highest BCUT2D eigenvalue weighted by molar-refractivity contribution is 6.31. The molecule has 0 atom stereocenters. The molecule has 7 heteroatoms. The number of amides is 1. The number of likely N-dealkylation sites (tertiary alicyclic amines) is 1. The van der Waals surface area contributed by atoms with Gasteiger partial charge in [-0.1, -0.05) is 17.7 Å². The second kappa shape index (κ2) is 7.93. The third-order valence-electron chi connectivity index (χ3n) is 6.84. The highest BCUT2D eigenvalue weighted by Gasteiger charge is 2.40. The predicted octanol–water partition coefficient (Wildman–Crippen LogP) is 4.35. The SMILES string of the molecule is Cc1ccc(-n2ncc(C(=O)N3CCC4(CCNC4)CC3)c2C2CC2)cc1Cl.Cl. The second-order valence-electron chi connectivity index (χ2n) is 8.78. The number of nitrogens with one attached hydrogen (secondary N) is 1. The van der Waals surface area contributed by atoms with Crippen LogP contribution in [0.5, 0.6) is 0 Å². The largest absolute Gasteiger partial charge is 0.338 e. The molecule has 3 heterocycles. The quantitative estimate of drug-likeness (QED) is 0.780. The van der Waals surface area contributed by atoms with E-state index in [4.69, 9.17) is 11.6 Å². The van der Waals surface area contributed by atoms with Crippen LogP contribution in [0.3, 0.4) is 0 Å². The molecule has 5 rings (SSSR count). The first kappa shape index (κ1) is 20.7. The molecular weight excluding hydrogens is 407 g/mol. The maximum Gasteiger partial charge on any atom is 0.257 e. The van der Waals surface area contributed by atoms with Gasteiger partial charge in [0, 0.05) is 30.6 Å². The first-order valence-corrected chi connectivity index (χ1v) is 10.8. The van der Waals surface area contributed by atoms with Crippen molar-refractivity contribution in [3.8, 4) is 5.69 Å². The maximum atomic E-state index is 13.4. The van der Waals surface area contributed by atoms with E-state index in [-0.39, 0.29) is 18.3 Å². The number of rotatable bonds is 3. The van der Waals surface area contributed by atoms with Crippen LogP contribution in [0, 0.1) is 12.3 Å². The average molecular weight is 435 g/mol. The van der Waals surface area contributed by atoms with Crippen molar-refractivity contribution >= 4 is 29.9 Å². The fourth-order valence-corrected chi connectivity index (χ4v) is 4.94. The number of nitrogens with zero attached hydrogens (tertiary/aromatic N) is 3. The molecule has 3 aliphatic rings. The van der Waals surface area contributed by atoms with Gasteiger partial charge in [0.05, 0.1) is 23.1 Å². The van der Waals surface area contributed by atoms with Gasteiger partial charge >= 0.3 is 0 Å². The zero-order chi connectivity index (χ0) is 19.3. The molecule has 0 unspecified atom stereocenters. The normalized spacial score (nSPS) is 20.7. The van der Waals surface area contributed by atoms with Crippen LogP contribution in [0.2, 0.25) is 5.02 Å². The van der Waals surface area contributed by atoms with Gasteiger partial charge in [-0.3, -0.25) is 4.79 Å². The summed E-state index contributed by atoms with van der Waals surface area (Å²) in [6.07, 6.45) is 7.47. The van der Waals surface area contributed by atoms with Gasteiger partial charge in [0.15, 0.2) is 0 Å². The molecule has 2 aliphatic heterocycles. The van der Waals surface area contributed by atoms with Crippen molar-refractivity contribution < 1.29 is 4.79 Å². The Labute approximate surface area is 183 Å². The number of hydrogen-bond donors (Lipinski definition) is 1. The van der Waals surface area contributed by atoms with E-state index >= 15 is 0 Å². The molecule has 1 aromatic carbocycles. The summed E-state index contributed by atoms with van der Waals surface area (Å²) in [6.45, 7) is 5.92. The molecule has 29 heavy (non-hydrogen) atoms. The van der Waals surface area contributed by atoms with E-state index in [0.29, 0.717) is 11.3 Å². The van der Waals surface area contributed by atoms with E-state index in [9.17, 15) is 4.79 Å². The van der Waals surface area contributed by atoms with Gasteiger partial charge in [-0.2, -0.15) is 5.10 Å². The van der Waals surface area contributed by atoms with Crippen LogP contribution < -0.4 is 5.32 Å². The van der Waals surface area contributed by atoms with Crippen LogP contribution in [0.15, 0.2) is 24.4 Å². The zero-order valence-corrected chi connectivity index (χ0v) is 18.4. The maximum absolute atomic E-state index is 13.4. The number of hydrogen-bond acceptors (Lipinski definition) is 3. The van der Waals surface area contributed by atoms with Crippen LogP contribution in [0.1, 0.15) is 59.6 Å². The molecule has 1 saturated carbocycles. The molecule has 3 fully saturated rings. The van der Waals surface area contributed by atoms with E-state index < -0.39 is 0 Å². The number of carbonyl (C=O) groups is 1. The second-order valence-corrected chi connectivity index (χ2v) is 9.19. The van der Waals surface area contributed by atoms with Crippen molar-refractivity contribution in [2.75, 3.05) is 26.2 Å². The standard InChI is InChI=1S/C22H27ClN4O.ClH/c1-15-2-5-17(12-19(15)23)27-20(16-3-4-16)18(13-25-27)21(28)26-10-7-22(8-11-26)6-9-24-14-22;/h2,5,12-13,16,24H,3-4,6-11,14H2,1H3;1H. The molecule has 2 saturated heterocycles. The number of aromatic nitrogens is 2. The third-order valence-corrected chi connectivity index (χ3v) is 7.25. The highest BCUT2D eigenvalue weighted by Crippen LogP contribution is 2.43. The summed E-state index contributed by atoms with van der Waals surface area (Å²) < 4.78 is 1.93. The van der Waals surface area contributed by atoms with Gasteiger partial charge in [0.25, 0.3) is 5.91 Å². The first-order valence-electron chi connectivity index (χ1n) is 10.4. The lowest BCUT2D eigenvalue weighted by Crippen LogP contribution is -2.44. The van der Waals surface area contributed by atoms with Crippen molar-refractivity contribution in [3.05, 3.63) is 46.2 Å². The molecule has 1 N–H and O–H groups in total. The molecule has 2 aromatic rings. The fraction of sp³-hybridized carbons (Fsp3) is 0.545. The minimum Gasteiger partial charge on any atom is -0.338 e. The summed E-state index contributed by atoms with van der Waals surface area (Å²) >= 11 is 6.34. The molecule has 156 valence electrons. The number of aryl methyl sites for hydroxylation is 1. The Morgan fingerprint density at radius 1 is 1.24 bits per heavy atom. The summed E-state index contributed by atoms with van der Waals surface area (Å²) in [5.74, 6) is 0.573. The van der Waals surface area contributed by atoms with E-state index in [0.717, 1.165) is 79.4 Å². The summed E-state index contributed by atoms with van der Waals surface area (Å²) in [5.41, 5.74) is 4.24. The summed E-state index contributed by atoms with van der Waals surface area (Å²) in [4.78, 5) is 15.4. The number of piperidine rings is 1. The van der Waals surface area contributed by atoms with Crippen LogP contribution in [-0.2, 0) is 0 Å². The monoisotopic (exact) mass is 434 g/mol. The highest BCUT2D eigenvalue weighted by atomic mass is 35.5. The van der Waals surface area contributed by atoms with Gasteiger partial charge in [-0.05, 0) is 68.7 Å². The van der Waals surface area contributed by atoms with Crippen LogP contribution >= 0.6 is 24.0 Å². The Kier molecular flexibility index (Phi) is 5.66. The van der Waals surface area contributed by atoms with Crippen molar-refractivity contribution in [3.63, 3.8) is 0 Å². The molecule has 5 nitrogen and oxygen atoms in total. The van der Waals surface area contributed by atoms with E-state index in [1.54, 1.807) is 6.20 Å². The summed E-state index contributed by atoms with van der Waals surface area (Å²) in [6, 6.07) is 5.99. The minimum absolute atomic E-state index is 0. The van der Waals surface area contributed by atoms with Gasteiger partial charge in [0.1, 0.15) is 0 Å². The van der Waals surface area contributed by atoms with Crippen LogP contribution in [0.4, 0.5) is 0 Å². The minimum atomic E-state index is 0. The summed E-state index contributed by atoms with van der Waals surface area (Å²) in [5, 5.41) is 8.83. The Hall–Kier alpha value is -1.56. The van der Waals surface area contributed by atoms with Gasteiger partial charge < -0.3 is 10.2 Å². The lowest BCUT2D eigenvalue weighted by atomic mass is 9.78. The molecule has 1 amide bonds. The molecule has 1 aliphatic carbocycles. The topological polar surface area (TPSA) is 50.2 Å². The summed E-state index contributed by atoms with van der Waals surface area (Å²) in [7, 11) is 0. The van der Waals surface area contributed by atoms with Crippen molar-refractivity contribution in [1.29, 1.82) is 0 Å². The fourth-order valence-electron chi connectivity index (χ4n) is 4.77. The lowest BCUT2D eigenvalue weighted by Gasteiger charge is -2.38. The van der Waals surface area contributed by atoms with Crippen molar-refractivity contribution in [1.82, 2.24) is 20.0 Å². The van der Waals surface area contributed by atoms with Crippen molar-refractivity contribution in [2.24, 2.45) is 5.41 Å². The lowest BCUT2D eigenvalue weighted by molar-refractivity contribution is 0.0606. The first-order chi connectivity index (χ1) is 13.6. The molecule has 0 bridgehead atoms. The van der Waals surface area contributed by atoms with E-state index in [1.165, 1.54) is 6.42 Å². The van der Waals surface area contributed by atoms with Gasteiger partial charge in [-0.15, -0.1) is 12.4 Å². The Morgan fingerprint density at radius 2 is 2.00 bits per heavy atom. The number of carbonyl (C=O) groups excluding carboxylic acids is 1. The molecular formula is C22H28Cl2N4O. The predicted molar refractivity (Wildman–Crippen MR) is 118 cm³/mol. The number of benzene rings is 1. The molecule has 1 aromatic heterocycles. The van der Waals surface area contributed by atoms with Gasteiger partial charge in [0.2, 0.25) is 0 Å². The average Bonchev–Trinajstić information content (AvgIpc) is 3.28. The number of halogens is 2. The molecule has 0 radical (unpaired) electrons. The Bertz CT molecular complexity index is 906. The molecule has 1 spiro atoms. The van der Waals surface area contributed by atoms with Crippen LogP contribution in [-0.4, -0.2) is 46.8 Å². The zero-order valence-electron chi connectivity index (χ0n) is 16.8. The van der Waals surface area contributed by atoms with E-state index in [2.05, 4.69) is 10.4 Å². The Balaban J connectivity index is 0.00000205.